The van der Waals surface area contributed by atoms with E-state index < -0.39 is 12.6 Å². The Bertz CT molecular complexity index is 366. The van der Waals surface area contributed by atoms with Crippen molar-refractivity contribution < 1.29 is 13.2 Å². The van der Waals surface area contributed by atoms with E-state index in [0.29, 0.717) is 5.56 Å². The highest BCUT2D eigenvalue weighted by atomic mass is 19.4. The van der Waals surface area contributed by atoms with Gasteiger partial charge in [0.2, 0.25) is 0 Å². The quantitative estimate of drug-likeness (QED) is 0.561. The van der Waals surface area contributed by atoms with E-state index in [1.807, 2.05) is 13.0 Å². The molecule has 0 amide bonds. The zero-order valence-electron chi connectivity index (χ0n) is 7.65. The van der Waals surface area contributed by atoms with Crippen molar-refractivity contribution in [2.45, 2.75) is 19.5 Å². The van der Waals surface area contributed by atoms with Crippen LogP contribution < -0.4 is 0 Å². The lowest BCUT2D eigenvalue weighted by Gasteiger charge is -1.97. The van der Waals surface area contributed by atoms with Crippen LogP contribution in [0.2, 0.25) is 0 Å². The first-order valence-electron chi connectivity index (χ1n) is 4.10. The zero-order chi connectivity index (χ0) is 10.6. The Hall–Kier alpha value is -1.43. The topological polar surface area (TPSA) is 0 Å². The summed E-state index contributed by atoms with van der Waals surface area (Å²) in [6.07, 6.45) is -5.25. The molecule has 0 saturated carbocycles. The largest absolute Gasteiger partial charge is 0.399 e. The van der Waals surface area contributed by atoms with Gasteiger partial charge in [0.05, 0.1) is 0 Å². The van der Waals surface area contributed by atoms with Gasteiger partial charge in [0.15, 0.2) is 0 Å². The van der Waals surface area contributed by atoms with Gasteiger partial charge < -0.3 is 0 Å². The maximum absolute atomic E-state index is 11.7. The maximum atomic E-state index is 11.7. The van der Waals surface area contributed by atoms with Gasteiger partial charge in [0.1, 0.15) is 6.42 Å². The molecule has 0 radical (unpaired) electrons. The zero-order valence-corrected chi connectivity index (χ0v) is 7.65. The predicted octanol–water partition coefficient (Wildman–Crippen LogP) is 3.30. The number of rotatable bonds is 0. The van der Waals surface area contributed by atoms with Gasteiger partial charge in [0, 0.05) is 5.56 Å². The number of hydrogen-bond donors (Lipinski definition) is 0. The highest BCUT2D eigenvalue weighted by Crippen LogP contribution is 2.18. The molecular weight excluding hydrogens is 189 g/mol. The summed E-state index contributed by atoms with van der Waals surface area (Å²) < 4.78 is 35.2. The molecule has 1 rings (SSSR count). The summed E-state index contributed by atoms with van der Waals surface area (Å²) in [6, 6.07) is 7.08. The maximum Gasteiger partial charge on any atom is 0.399 e. The molecule has 14 heavy (non-hydrogen) atoms. The van der Waals surface area contributed by atoms with Crippen molar-refractivity contribution in [1.82, 2.24) is 0 Å². The summed E-state index contributed by atoms with van der Waals surface area (Å²) in [5, 5.41) is 0. The molecule has 1 aromatic rings. The van der Waals surface area contributed by atoms with Crippen LogP contribution in [0.5, 0.6) is 0 Å². The number of benzene rings is 1. The average molecular weight is 198 g/mol. The van der Waals surface area contributed by atoms with Crippen molar-refractivity contribution in [1.29, 1.82) is 0 Å². The second-order valence-electron chi connectivity index (χ2n) is 2.96. The first kappa shape index (κ1) is 10.6. The van der Waals surface area contributed by atoms with Gasteiger partial charge in [-0.2, -0.15) is 13.2 Å². The second kappa shape index (κ2) is 4.19. The van der Waals surface area contributed by atoms with Crippen LogP contribution in [0.25, 0.3) is 0 Å². The highest BCUT2D eigenvalue weighted by molar-refractivity contribution is 5.36. The molecule has 3 heteroatoms. The minimum atomic E-state index is -4.20. The Balaban J connectivity index is 2.69. The van der Waals surface area contributed by atoms with Crippen LogP contribution in [0, 0.1) is 18.8 Å². The number of halogens is 3. The Labute approximate surface area is 80.8 Å². The first-order chi connectivity index (χ1) is 6.47. The molecule has 0 aliphatic heterocycles. The van der Waals surface area contributed by atoms with Gasteiger partial charge in [-0.15, -0.1) is 0 Å². The fourth-order valence-corrected chi connectivity index (χ4v) is 0.969. The van der Waals surface area contributed by atoms with Gasteiger partial charge in [-0.1, -0.05) is 24.0 Å². The third kappa shape index (κ3) is 3.99. The van der Waals surface area contributed by atoms with Crippen molar-refractivity contribution in [2.24, 2.45) is 0 Å². The Morgan fingerprint density at radius 1 is 1.29 bits per heavy atom. The smallest absolute Gasteiger partial charge is 0.170 e. The van der Waals surface area contributed by atoms with E-state index in [4.69, 9.17) is 0 Å². The molecule has 0 fully saturated rings. The van der Waals surface area contributed by atoms with Gasteiger partial charge in [0.25, 0.3) is 0 Å². The summed E-state index contributed by atoms with van der Waals surface area (Å²) in [7, 11) is 0. The molecular formula is C11H9F3. The molecule has 0 heterocycles. The molecule has 74 valence electrons. The van der Waals surface area contributed by atoms with Gasteiger partial charge in [-0.25, -0.2) is 0 Å². The normalized spacial score (nSPS) is 10.6. The molecule has 0 spiro atoms. The van der Waals surface area contributed by atoms with E-state index in [1.54, 1.807) is 18.2 Å². The minimum Gasteiger partial charge on any atom is -0.170 e. The van der Waals surface area contributed by atoms with Crippen molar-refractivity contribution in [3.8, 4) is 11.8 Å². The fraction of sp³-hybridized carbons (Fsp3) is 0.273. The van der Waals surface area contributed by atoms with Crippen LogP contribution in [-0.2, 0) is 0 Å². The van der Waals surface area contributed by atoms with Crippen molar-refractivity contribution in [3.63, 3.8) is 0 Å². The summed E-state index contributed by atoms with van der Waals surface area (Å²) in [5.74, 6) is 4.57. The van der Waals surface area contributed by atoms with Crippen LogP contribution in [0.15, 0.2) is 24.3 Å². The fourth-order valence-electron chi connectivity index (χ4n) is 0.969. The summed E-state index contributed by atoms with van der Waals surface area (Å²) in [6.45, 7) is 1.87. The third-order valence-electron chi connectivity index (χ3n) is 1.54. The number of alkyl halides is 3. The van der Waals surface area contributed by atoms with Crippen LogP contribution in [0.4, 0.5) is 13.2 Å². The van der Waals surface area contributed by atoms with Crippen molar-refractivity contribution in [2.75, 3.05) is 0 Å². The molecule has 0 N–H and O–H groups in total. The molecule has 0 bridgehead atoms. The van der Waals surface area contributed by atoms with Gasteiger partial charge in [-0.3, -0.25) is 0 Å². The van der Waals surface area contributed by atoms with Crippen molar-refractivity contribution >= 4 is 0 Å². The molecule has 0 atom stereocenters. The second-order valence-corrected chi connectivity index (χ2v) is 2.96. The summed E-state index contributed by atoms with van der Waals surface area (Å²) in [5.41, 5.74) is 1.61. The summed E-state index contributed by atoms with van der Waals surface area (Å²) >= 11 is 0. The number of hydrogen-bond acceptors (Lipinski definition) is 0. The highest BCUT2D eigenvalue weighted by Gasteiger charge is 2.25. The van der Waals surface area contributed by atoms with E-state index >= 15 is 0 Å². The van der Waals surface area contributed by atoms with Crippen molar-refractivity contribution in [3.05, 3.63) is 35.4 Å². The van der Waals surface area contributed by atoms with E-state index in [2.05, 4.69) is 11.8 Å². The lowest BCUT2D eigenvalue weighted by molar-refractivity contribution is -0.123. The SMILES string of the molecule is Cc1cccc(C#CCC(F)(F)F)c1. The predicted molar refractivity (Wildman–Crippen MR) is 48.7 cm³/mol. The molecule has 0 unspecified atom stereocenters. The van der Waals surface area contributed by atoms with E-state index in [9.17, 15) is 13.2 Å². The van der Waals surface area contributed by atoms with E-state index in [0.717, 1.165) is 5.56 Å². The number of aryl methyl sites for hydroxylation is 1. The molecule has 0 nitrogen and oxygen atoms in total. The molecule has 0 aromatic heterocycles. The lowest BCUT2D eigenvalue weighted by atomic mass is 10.1. The lowest BCUT2D eigenvalue weighted by Crippen LogP contribution is -2.04. The Morgan fingerprint density at radius 2 is 2.00 bits per heavy atom. The van der Waals surface area contributed by atoms with Gasteiger partial charge >= 0.3 is 6.18 Å². The average Bonchev–Trinajstić information content (AvgIpc) is 2.01. The first-order valence-corrected chi connectivity index (χ1v) is 4.10. The molecule has 1 aromatic carbocycles. The van der Waals surface area contributed by atoms with E-state index in [1.165, 1.54) is 0 Å². The Kier molecular flexibility index (Phi) is 3.19. The van der Waals surface area contributed by atoms with Crippen LogP contribution in [0.1, 0.15) is 17.5 Å². The summed E-state index contributed by atoms with van der Waals surface area (Å²) in [4.78, 5) is 0. The Morgan fingerprint density at radius 3 is 2.57 bits per heavy atom. The standard InChI is InChI=1S/C11H9F3/c1-9-4-2-5-10(8-9)6-3-7-11(12,13)14/h2,4-5,8H,7H2,1H3. The molecule has 0 saturated heterocycles. The third-order valence-corrected chi connectivity index (χ3v) is 1.54. The minimum absolute atomic E-state index is 0.620. The molecule has 0 aliphatic rings. The van der Waals surface area contributed by atoms with E-state index in [-0.39, 0.29) is 0 Å². The van der Waals surface area contributed by atoms with Gasteiger partial charge in [-0.05, 0) is 24.6 Å². The monoisotopic (exact) mass is 198 g/mol. The van der Waals surface area contributed by atoms with Crippen LogP contribution in [-0.4, -0.2) is 6.18 Å². The van der Waals surface area contributed by atoms with Crippen LogP contribution in [0.3, 0.4) is 0 Å². The molecule has 0 aliphatic carbocycles. The van der Waals surface area contributed by atoms with Crippen LogP contribution >= 0.6 is 0 Å².